The van der Waals surface area contributed by atoms with Crippen LogP contribution < -0.4 is 5.32 Å². The molecule has 5 unspecified atom stereocenters. The van der Waals surface area contributed by atoms with Crippen LogP contribution in [0.5, 0.6) is 0 Å². The van der Waals surface area contributed by atoms with Crippen molar-refractivity contribution in [3.8, 4) is 0 Å². The molecule has 5 atom stereocenters. The normalized spacial score (nSPS) is 25.6. The number of hydrogen-bond acceptors (Lipinski definition) is 11. The van der Waals surface area contributed by atoms with Crippen LogP contribution >= 0.6 is 0 Å². The number of hydrogen-bond donors (Lipinski definition) is 2. The summed E-state index contributed by atoms with van der Waals surface area (Å²) in [5.41, 5.74) is 0.493. The summed E-state index contributed by atoms with van der Waals surface area (Å²) in [6.07, 6.45) is 9.75. The van der Waals surface area contributed by atoms with Crippen molar-refractivity contribution in [2.24, 2.45) is 5.41 Å². The number of cyclic esters (lactones) is 1. The zero-order valence-electron chi connectivity index (χ0n) is 32.0. The minimum absolute atomic E-state index is 0.0714. The molecule has 1 aromatic carbocycles. The molecule has 4 aliphatic rings. The van der Waals surface area contributed by atoms with Crippen LogP contribution in [0.15, 0.2) is 42.0 Å². The van der Waals surface area contributed by atoms with Gasteiger partial charge < -0.3 is 39.0 Å². The van der Waals surface area contributed by atoms with Crippen LogP contribution in [0.2, 0.25) is 0 Å². The maximum absolute atomic E-state index is 14.1. The highest BCUT2D eigenvalue weighted by Gasteiger charge is 2.53. The molecule has 54 heavy (non-hydrogen) atoms. The Morgan fingerprint density at radius 1 is 1.04 bits per heavy atom. The third-order valence-electron chi connectivity index (χ3n) is 10.5. The van der Waals surface area contributed by atoms with Gasteiger partial charge in [-0.1, -0.05) is 65.5 Å². The Morgan fingerprint density at radius 3 is 2.44 bits per heavy atom. The molecule has 0 bridgehead atoms. The molecule has 0 aromatic heterocycles. The monoisotopic (exact) mass is 752 g/mol. The molecule has 3 fully saturated rings. The second-order valence-electron chi connectivity index (χ2n) is 15.4. The molecular formula is C41H56N2O11. The lowest BCUT2D eigenvalue weighted by Crippen LogP contribution is -2.49. The van der Waals surface area contributed by atoms with Crippen LogP contribution in [-0.2, 0) is 42.9 Å². The molecule has 13 heteroatoms. The van der Waals surface area contributed by atoms with Crippen molar-refractivity contribution in [2.75, 3.05) is 26.3 Å². The fourth-order valence-corrected chi connectivity index (χ4v) is 7.58. The van der Waals surface area contributed by atoms with Gasteiger partial charge in [-0.15, -0.1) is 0 Å². The quantitative estimate of drug-likeness (QED) is 0.0973. The minimum Gasteiger partial charge on any atom is -0.462 e. The first-order valence-corrected chi connectivity index (χ1v) is 19.5. The van der Waals surface area contributed by atoms with Gasteiger partial charge >= 0.3 is 17.9 Å². The van der Waals surface area contributed by atoms with E-state index in [0.29, 0.717) is 43.4 Å². The molecule has 3 saturated heterocycles. The fraction of sp³-hybridized carbons (Fsp3) is 0.634. The number of rotatable bonds is 17. The van der Waals surface area contributed by atoms with E-state index in [4.69, 9.17) is 23.7 Å². The zero-order chi connectivity index (χ0) is 38.9. The molecule has 5 rings (SSSR count). The van der Waals surface area contributed by atoms with Crippen LogP contribution in [0.25, 0.3) is 6.08 Å². The number of fused-ring (bicyclic) bond motifs is 1. The van der Waals surface area contributed by atoms with E-state index in [1.54, 1.807) is 49.1 Å². The lowest BCUT2D eigenvalue weighted by molar-refractivity contribution is -0.190. The molecule has 3 aliphatic heterocycles. The van der Waals surface area contributed by atoms with E-state index < -0.39 is 59.6 Å². The van der Waals surface area contributed by atoms with Crippen LogP contribution in [-0.4, -0.2) is 102 Å². The van der Waals surface area contributed by atoms with Gasteiger partial charge in [0.05, 0.1) is 12.2 Å². The maximum Gasteiger partial charge on any atom is 0.348 e. The van der Waals surface area contributed by atoms with E-state index in [-0.39, 0.29) is 43.6 Å². The summed E-state index contributed by atoms with van der Waals surface area (Å²) in [5, 5.41) is 11.9. The Kier molecular flexibility index (Phi) is 14.1. The number of unbranched alkanes of at least 4 members (excludes halogenated alkanes) is 4. The van der Waals surface area contributed by atoms with E-state index in [0.717, 1.165) is 38.5 Å². The van der Waals surface area contributed by atoms with Gasteiger partial charge in [-0.25, -0.2) is 14.4 Å². The number of ether oxygens (including phenoxy) is 5. The van der Waals surface area contributed by atoms with E-state index in [9.17, 15) is 29.1 Å². The number of nitrogens with zero attached hydrogens (tertiary/aromatic N) is 1. The summed E-state index contributed by atoms with van der Waals surface area (Å²) in [7, 11) is 0. The second kappa shape index (κ2) is 18.5. The van der Waals surface area contributed by atoms with Gasteiger partial charge in [-0.05, 0) is 55.5 Å². The Morgan fingerprint density at radius 2 is 1.78 bits per heavy atom. The average molecular weight is 753 g/mol. The third-order valence-corrected chi connectivity index (χ3v) is 10.5. The summed E-state index contributed by atoms with van der Waals surface area (Å²) in [4.78, 5) is 67.1. The van der Waals surface area contributed by atoms with Crippen molar-refractivity contribution in [2.45, 2.75) is 135 Å². The molecule has 0 radical (unpaired) electrons. The SMILES string of the molecule is CCCCCC1(CCCCC)OC2C=C(C(=O)N3CCCC3C(=O)NCCO)CC(OC(=O)c3cccc(C=CC(=O)OC4C(=O)OCC4(C)C)c3)C2O1. The van der Waals surface area contributed by atoms with Crippen molar-refractivity contribution >= 4 is 35.8 Å². The van der Waals surface area contributed by atoms with E-state index >= 15 is 0 Å². The lowest BCUT2D eigenvalue weighted by atomic mass is 9.90. The molecule has 1 aliphatic carbocycles. The van der Waals surface area contributed by atoms with Gasteiger partial charge in [0.1, 0.15) is 31.0 Å². The predicted molar refractivity (Wildman–Crippen MR) is 198 cm³/mol. The molecular weight excluding hydrogens is 696 g/mol. The van der Waals surface area contributed by atoms with E-state index in [1.807, 2.05) is 0 Å². The molecule has 2 amide bonds. The van der Waals surface area contributed by atoms with E-state index in [1.165, 1.54) is 12.2 Å². The first-order valence-electron chi connectivity index (χ1n) is 19.5. The molecule has 1 aromatic rings. The van der Waals surface area contributed by atoms with Crippen LogP contribution in [0.3, 0.4) is 0 Å². The average Bonchev–Trinajstić information content (AvgIpc) is 3.86. The second-order valence-corrected chi connectivity index (χ2v) is 15.4. The predicted octanol–water partition coefficient (Wildman–Crippen LogP) is 4.79. The van der Waals surface area contributed by atoms with Crippen molar-refractivity contribution < 1.29 is 52.8 Å². The largest absolute Gasteiger partial charge is 0.462 e. The topological polar surface area (TPSA) is 167 Å². The maximum atomic E-state index is 14.1. The highest BCUT2D eigenvalue weighted by atomic mass is 16.8. The van der Waals surface area contributed by atoms with E-state index in [2.05, 4.69) is 19.2 Å². The van der Waals surface area contributed by atoms with Gasteiger partial charge in [0.2, 0.25) is 17.9 Å². The number of aliphatic hydroxyl groups excluding tert-OH is 1. The van der Waals surface area contributed by atoms with Crippen LogP contribution in [0.1, 0.15) is 114 Å². The first kappa shape index (κ1) is 41.1. The molecule has 0 saturated carbocycles. The molecule has 13 nitrogen and oxygen atoms in total. The minimum atomic E-state index is -1.01. The summed E-state index contributed by atoms with van der Waals surface area (Å²) in [5.74, 6) is -3.46. The van der Waals surface area contributed by atoms with Gasteiger partial charge in [-0.3, -0.25) is 9.59 Å². The van der Waals surface area contributed by atoms with Gasteiger partial charge in [0.25, 0.3) is 0 Å². The lowest BCUT2D eigenvalue weighted by Gasteiger charge is -2.33. The zero-order valence-corrected chi connectivity index (χ0v) is 32.0. The Labute approximate surface area is 317 Å². The van der Waals surface area contributed by atoms with Crippen molar-refractivity contribution in [1.29, 1.82) is 0 Å². The molecule has 3 heterocycles. The number of nitrogens with one attached hydrogen (secondary N) is 1. The molecule has 2 N–H and O–H groups in total. The first-order chi connectivity index (χ1) is 25.9. The van der Waals surface area contributed by atoms with Gasteiger partial charge in [0, 0.05) is 49.4 Å². The van der Waals surface area contributed by atoms with Crippen molar-refractivity contribution in [3.63, 3.8) is 0 Å². The third kappa shape index (κ3) is 9.96. The highest BCUT2D eigenvalue weighted by molar-refractivity contribution is 5.98. The number of carbonyl (C=O) groups is 5. The number of amides is 2. The van der Waals surface area contributed by atoms with Crippen molar-refractivity contribution in [1.82, 2.24) is 10.2 Å². The number of carbonyl (C=O) groups excluding carboxylic acids is 5. The Balaban J connectivity index is 1.35. The van der Waals surface area contributed by atoms with Gasteiger partial charge in [0.15, 0.2) is 5.79 Å². The van der Waals surface area contributed by atoms with Crippen LogP contribution in [0, 0.1) is 5.41 Å². The number of esters is 3. The summed E-state index contributed by atoms with van der Waals surface area (Å²) >= 11 is 0. The fourth-order valence-electron chi connectivity index (χ4n) is 7.58. The summed E-state index contributed by atoms with van der Waals surface area (Å²) in [6.45, 7) is 8.28. The number of benzene rings is 1. The summed E-state index contributed by atoms with van der Waals surface area (Å²) < 4.78 is 30.1. The standard InChI is InChI=1S/C41H56N2O11/c1-5-7-9-18-41(19-10-8-6-2)53-32-25-29(37(47)43-21-12-15-30(43)36(46)42-20-22-44)24-31(34(32)54-41)51-38(48)28-14-11-13-27(23-28)16-17-33(45)52-35-39(49)50-26-40(35,3)4/h11,13-14,16-17,23,25,30-32,34-35,44H,5-10,12,15,18-22,24,26H2,1-4H3,(H,42,46). The van der Waals surface area contributed by atoms with Gasteiger partial charge in [-0.2, -0.15) is 0 Å². The molecule has 0 spiro atoms. The Bertz CT molecular complexity index is 1580. The molecule has 296 valence electrons. The Hall–Kier alpha value is -4.07. The van der Waals surface area contributed by atoms with Crippen molar-refractivity contribution in [3.05, 3.63) is 53.1 Å². The number of likely N-dealkylation sites (tertiary alicyclic amines) is 1. The number of aliphatic hydroxyl groups is 1. The summed E-state index contributed by atoms with van der Waals surface area (Å²) in [6, 6.07) is 5.88. The highest BCUT2D eigenvalue weighted by Crippen LogP contribution is 2.44. The smallest absolute Gasteiger partial charge is 0.348 e. The van der Waals surface area contributed by atoms with Crippen LogP contribution in [0.4, 0.5) is 0 Å².